The molecule has 0 spiro atoms. The number of nitrogens with one attached hydrogen (secondary N) is 1. The highest BCUT2D eigenvalue weighted by Crippen LogP contribution is 2.13. The molecule has 1 aliphatic rings. The number of hydrogen-bond acceptors (Lipinski definition) is 4. The topological polar surface area (TPSA) is 84.7 Å². The Balaban J connectivity index is 2.07. The van der Waals surface area contributed by atoms with Gasteiger partial charge in [0.1, 0.15) is 6.04 Å². The van der Waals surface area contributed by atoms with Crippen LogP contribution in [0.3, 0.4) is 0 Å². The molecular weight excluding hydrogens is 282 g/mol. The number of amides is 2. The van der Waals surface area contributed by atoms with Gasteiger partial charge in [-0.05, 0) is 31.0 Å². The summed E-state index contributed by atoms with van der Waals surface area (Å²) in [4.78, 5) is 26.6. The van der Waals surface area contributed by atoms with Gasteiger partial charge in [-0.1, -0.05) is 13.0 Å². The first-order valence-electron chi connectivity index (χ1n) is 7.56. The smallest absolute Gasteiger partial charge is 0.252 e. The molecule has 6 heteroatoms. The van der Waals surface area contributed by atoms with Gasteiger partial charge < -0.3 is 20.7 Å². The molecule has 0 aliphatic carbocycles. The van der Waals surface area contributed by atoms with E-state index < -0.39 is 6.04 Å². The van der Waals surface area contributed by atoms with E-state index in [2.05, 4.69) is 5.32 Å². The molecule has 2 amide bonds. The van der Waals surface area contributed by atoms with Crippen LogP contribution < -0.4 is 11.1 Å². The average molecular weight is 305 g/mol. The largest absolute Gasteiger partial charge is 0.399 e. The molecule has 1 aromatic rings. The molecule has 1 unspecified atom stereocenters. The fraction of sp³-hybridized carbons (Fsp3) is 0.500. The van der Waals surface area contributed by atoms with Crippen molar-refractivity contribution in [3.05, 3.63) is 29.3 Å². The zero-order valence-corrected chi connectivity index (χ0v) is 13.1. The molecule has 0 aromatic heterocycles. The van der Waals surface area contributed by atoms with E-state index in [9.17, 15) is 9.59 Å². The Labute approximate surface area is 130 Å². The number of nitrogens with zero attached hydrogens (tertiary/aromatic N) is 1. The van der Waals surface area contributed by atoms with Crippen LogP contribution in [0.25, 0.3) is 0 Å². The monoisotopic (exact) mass is 305 g/mol. The summed E-state index contributed by atoms with van der Waals surface area (Å²) in [6.45, 7) is 5.97. The SMILES string of the molecule is CCC(NC(=O)c1cc(N)ccc1C)C(=O)N1CCOCC1. The van der Waals surface area contributed by atoms with Crippen LogP contribution in [-0.4, -0.2) is 49.1 Å². The summed E-state index contributed by atoms with van der Waals surface area (Å²) in [5.41, 5.74) is 7.61. The first-order valence-corrected chi connectivity index (χ1v) is 7.56. The lowest BCUT2D eigenvalue weighted by atomic mass is 10.1. The number of nitrogens with two attached hydrogens (primary N) is 1. The van der Waals surface area contributed by atoms with Crippen molar-refractivity contribution >= 4 is 17.5 Å². The highest BCUT2D eigenvalue weighted by molar-refractivity contribution is 5.99. The van der Waals surface area contributed by atoms with Crippen molar-refractivity contribution < 1.29 is 14.3 Å². The number of ether oxygens (including phenoxy) is 1. The van der Waals surface area contributed by atoms with Gasteiger partial charge in [-0.2, -0.15) is 0 Å². The average Bonchev–Trinajstić information content (AvgIpc) is 2.54. The third-order valence-corrected chi connectivity index (χ3v) is 3.84. The van der Waals surface area contributed by atoms with Crippen LogP contribution in [0.4, 0.5) is 5.69 Å². The van der Waals surface area contributed by atoms with Crippen LogP contribution in [0.2, 0.25) is 0 Å². The molecule has 1 fully saturated rings. The molecule has 1 heterocycles. The summed E-state index contributed by atoms with van der Waals surface area (Å²) in [7, 11) is 0. The Bertz CT molecular complexity index is 554. The maximum Gasteiger partial charge on any atom is 0.252 e. The number of nitrogen functional groups attached to an aromatic ring is 1. The van der Waals surface area contributed by atoms with Crippen LogP contribution in [-0.2, 0) is 9.53 Å². The first kappa shape index (κ1) is 16.3. The Morgan fingerprint density at radius 1 is 1.36 bits per heavy atom. The van der Waals surface area contributed by atoms with E-state index in [0.29, 0.717) is 44.0 Å². The lowest BCUT2D eigenvalue weighted by Gasteiger charge is -2.30. The molecule has 120 valence electrons. The minimum Gasteiger partial charge on any atom is -0.399 e. The number of rotatable bonds is 4. The minimum atomic E-state index is -0.522. The van der Waals surface area contributed by atoms with Gasteiger partial charge in [0, 0.05) is 24.3 Å². The highest BCUT2D eigenvalue weighted by Gasteiger charge is 2.26. The normalized spacial score (nSPS) is 16.2. The van der Waals surface area contributed by atoms with Crippen LogP contribution in [0.5, 0.6) is 0 Å². The van der Waals surface area contributed by atoms with Gasteiger partial charge in [0.15, 0.2) is 0 Å². The second-order valence-corrected chi connectivity index (χ2v) is 5.45. The molecule has 6 nitrogen and oxygen atoms in total. The molecule has 22 heavy (non-hydrogen) atoms. The summed E-state index contributed by atoms with van der Waals surface area (Å²) in [5, 5.41) is 2.82. The van der Waals surface area contributed by atoms with E-state index in [4.69, 9.17) is 10.5 Å². The molecular formula is C16H23N3O3. The predicted octanol–water partition coefficient (Wildman–Crippen LogP) is 0.944. The van der Waals surface area contributed by atoms with Gasteiger partial charge in [0.25, 0.3) is 5.91 Å². The molecule has 0 saturated carbocycles. The van der Waals surface area contributed by atoms with Crippen LogP contribution >= 0.6 is 0 Å². The van der Waals surface area contributed by atoms with Crippen LogP contribution in [0, 0.1) is 6.92 Å². The maximum atomic E-state index is 12.5. The lowest BCUT2D eigenvalue weighted by molar-refractivity contribution is -0.137. The first-order chi connectivity index (χ1) is 10.5. The number of carbonyl (C=O) groups is 2. The van der Waals surface area contributed by atoms with Gasteiger partial charge in [-0.3, -0.25) is 9.59 Å². The fourth-order valence-electron chi connectivity index (χ4n) is 2.46. The van der Waals surface area contributed by atoms with Gasteiger partial charge in [0.2, 0.25) is 5.91 Å². The van der Waals surface area contributed by atoms with E-state index in [0.717, 1.165) is 5.56 Å². The van der Waals surface area contributed by atoms with Crippen molar-refractivity contribution in [3.63, 3.8) is 0 Å². The van der Waals surface area contributed by atoms with Crippen molar-refractivity contribution in [3.8, 4) is 0 Å². The summed E-state index contributed by atoms with van der Waals surface area (Å²) < 4.78 is 5.25. The van der Waals surface area contributed by atoms with E-state index in [1.165, 1.54) is 0 Å². The Morgan fingerprint density at radius 3 is 2.68 bits per heavy atom. The zero-order chi connectivity index (χ0) is 16.1. The van der Waals surface area contributed by atoms with Crippen molar-refractivity contribution in [2.75, 3.05) is 32.0 Å². The molecule has 1 saturated heterocycles. The molecule has 0 radical (unpaired) electrons. The predicted molar refractivity (Wildman–Crippen MR) is 84.5 cm³/mol. The number of anilines is 1. The van der Waals surface area contributed by atoms with Crippen molar-refractivity contribution in [1.29, 1.82) is 0 Å². The van der Waals surface area contributed by atoms with E-state index in [-0.39, 0.29) is 11.8 Å². The lowest BCUT2D eigenvalue weighted by Crippen LogP contribution is -2.51. The van der Waals surface area contributed by atoms with Crippen LogP contribution in [0.15, 0.2) is 18.2 Å². The van der Waals surface area contributed by atoms with Gasteiger partial charge in [-0.25, -0.2) is 0 Å². The summed E-state index contributed by atoms with van der Waals surface area (Å²) in [6.07, 6.45) is 0.545. The van der Waals surface area contributed by atoms with E-state index >= 15 is 0 Å². The van der Waals surface area contributed by atoms with Crippen LogP contribution in [0.1, 0.15) is 29.3 Å². The fourth-order valence-corrected chi connectivity index (χ4v) is 2.46. The highest BCUT2D eigenvalue weighted by atomic mass is 16.5. The quantitative estimate of drug-likeness (QED) is 0.811. The van der Waals surface area contributed by atoms with Gasteiger partial charge in [0.05, 0.1) is 13.2 Å². The molecule has 0 bridgehead atoms. The standard InChI is InChI=1S/C16H23N3O3/c1-3-14(16(21)19-6-8-22-9-7-19)18-15(20)13-10-12(17)5-4-11(13)2/h4-5,10,14H,3,6-9,17H2,1-2H3,(H,18,20). The molecule has 3 N–H and O–H groups in total. The van der Waals surface area contributed by atoms with E-state index in [1.54, 1.807) is 23.1 Å². The Hall–Kier alpha value is -2.08. The van der Waals surface area contributed by atoms with Crippen molar-refractivity contribution in [2.24, 2.45) is 0 Å². The zero-order valence-electron chi connectivity index (χ0n) is 13.1. The molecule has 1 atom stereocenters. The third-order valence-electron chi connectivity index (χ3n) is 3.84. The number of benzene rings is 1. The number of morpholine rings is 1. The van der Waals surface area contributed by atoms with Crippen molar-refractivity contribution in [1.82, 2.24) is 10.2 Å². The minimum absolute atomic E-state index is 0.0549. The number of aryl methyl sites for hydroxylation is 1. The second-order valence-electron chi connectivity index (χ2n) is 5.45. The number of carbonyl (C=O) groups excluding carboxylic acids is 2. The number of hydrogen-bond donors (Lipinski definition) is 2. The molecule has 1 aliphatic heterocycles. The summed E-state index contributed by atoms with van der Waals surface area (Å²) >= 11 is 0. The molecule has 1 aromatic carbocycles. The maximum absolute atomic E-state index is 12.5. The van der Waals surface area contributed by atoms with Gasteiger partial charge >= 0.3 is 0 Å². The Morgan fingerprint density at radius 2 is 2.05 bits per heavy atom. The summed E-state index contributed by atoms with van der Waals surface area (Å²) in [5.74, 6) is -0.320. The van der Waals surface area contributed by atoms with Gasteiger partial charge in [-0.15, -0.1) is 0 Å². The van der Waals surface area contributed by atoms with Crippen molar-refractivity contribution in [2.45, 2.75) is 26.3 Å². The molecule has 2 rings (SSSR count). The van der Waals surface area contributed by atoms with E-state index in [1.807, 2.05) is 13.8 Å². The second kappa shape index (κ2) is 7.26. The Kier molecular flexibility index (Phi) is 5.38. The summed E-state index contributed by atoms with van der Waals surface area (Å²) in [6, 6.07) is 4.67. The third kappa shape index (κ3) is 3.76.